The molecule has 0 bridgehead atoms. The van der Waals surface area contributed by atoms with Crippen molar-refractivity contribution < 1.29 is 4.79 Å². The van der Waals surface area contributed by atoms with Gasteiger partial charge in [-0.15, -0.1) is 0 Å². The van der Waals surface area contributed by atoms with Crippen LogP contribution in [0.1, 0.15) is 23.7 Å². The maximum atomic E-state index is 12.3. The van der Waals surface area contributed by atoms with E-state index in [2.05, 4.69) is 21.4 Å². The number of nitrogens with one attached hydrogen (secondary N) is 1. The second-order valence-corrected chi connectivity index (χ2v) is 6.42. The van der Waals surface area contributed by atoms with E-state index in [1.54, 1.807) is 21.7 Å². The van der Waals surface area contributed by atoms with E-state index >= 15 is 0 Å². The molecular weight excluding hydrogens is 328 g/mol. The normalized spacial score (nSPS) is 19.7. The summed E-state index contributed by atoms with van der Waals surface area (Å²) >= 11 is 0. The lowest BCUT2D eigenvalue weighted by Gasteiger charge is -2.25. The van der Waals surface area contributed by atoms with Crippen molar-refractivity contribution in [2.75, 3.05) is 18.9 Å². The Hall–Kier alpha value is -3.40. The third-order valence-corrected chi connectivity index (χ3v) is 4.91. The van der Waals surface area contributed by atoms with Gasteiger partial charge < -0.3 is 10.2 Å². The highest BCUT2D eigenvalue weighted by atomic mass is 16.2. The molecule has 1 aliphatic heterocycles. The highest BCUT2D eigenvalue weighted by molar-refractivity contribution is 5.79. The fourth-order valence-corrected chi connectivity index (χ4v) is 3.65. The van der Waals surface area contributed by atoms with Gasteiger partial charge in [-0.05, 0) is 29.8 Å². The number of carbonyl (C=O) groups excluding carboxylic acids is 1. The van der Waals surface area contributed by atoms with E-state index in [4.69, 9.17) is 0 Å². The molecule has 0 saturated carbocycles. The summed E-state index contributed by atoms with van der Waals surface area (Å²) in [6.45, 7) is 0.557. The summed E-state index contributed by atoms with van der Waals surface area (Å²) in [5.74, 6) is 0.759. The molecule has 3 aromatic heterocycles. The smallest absolute Gasteiger partial charge is 0.223 e. The Labute approximate surface area is 150 Å². The Kier molecular flexibility index (Phi) is 4.01. The first-order valence-corrected chi connectivity index (χ1v) is 8.45. The van der Waals surface area contributed by atoms with Gasteiger partial charge in [-0.25, -0.2) is 4.98 Å². The molecule has 0 aliphatic carbocycles. The number of rotatable bonds is 4. The number of anilines is 1. The van der Waals surface area contributed by atoms with Crippen molar-refractivity contribution in [3.8, 4) is 6.07 Å². The first kappa shape index (κ1) is 16.1. The molecule has 1 fully saturated rings. The van der Waals surface area contributed by atoms with Crippen LogP contribution < -0.4 is 5.32 Å². The Morgan fingerprint density at radius 3 is 2.88 bits per heavy atom. The van der Waals surface area contributed by atoms with Crippen molar-refractivity contribution in [2.45, 2.75) is 12.5 Å². The molecule has 0 radical (unpaired) electrons. The zero-order valence-electron chi connectivity index (χ0n) is 14.3. The molecule has 3 aromatic rings. The number of hydrogen-bond donors (Lipinski definition) is 1. The third kappa shape index (κ3) is 2.65. The first-order chi connectivity index (χ1) is 12.7. The number of nitriles is 1. The van der Waals surface area contributed by atoms with Gasteiger partial charge in [0.15, 0.2) is 11.5 Å². The van der Waals surface area contributed by atoms with Gasteiger partial charge in [0.2, 0.25) is 5.91 Å². The van der Waals surface area contributed by atoms with E-state index in [0.717, 1.165) is 11.2 Å². The van der Waals surface area contributed by atoms with Crippen molar-refractivity contribution >= 4 is 17.4 Å². The van der Waals surface area contributed by atoms with Crippen LogP contribution in [0, 0.1) is 17.2 Å². The number of aromatic nitrogens is 3. The maximum absolute atomic E-state index is 12.3. The maximum Gasteiger partial charge on any atom is 0.223 e. The summed E-state index contributed by atoms with van der Waals surface area (Å²) in [5.41, 5.74) is 2.26. The number of hydrogen-bond acceptors (Lipinski definition) is 5. The lowest BCUT2D eigenvalue weighted by Crippen LogP contribution is -2.26. The quantitative estimate of drug-likeness (QED) is 0.783. The van der Waals surface area contributed by atoms with Gasteiger partial charge >= 0.3 is 0 Å². The van der Waals surface area contributed by atoms with E-state index < -0.39 is 0 Å². The fraction of sp³-hybridized carbons (Fsp3) is 0.263. The third-order valence-electron chi connectivity index (χ3n) is 4.91. The van der Waals surface area contributed by atoms with Crippen LogP contribution in [0.2, 0.25) is 0 Å². The summed E-state index contributed by atoms with van der Waals surface area (Å²) in [6, 6.07) is 11.7. The standard InChI is InChI=1S/C19H18N6O/c1-24-17(26)10-14(18(24)13-5-7-21-8-6-13)12-22-19-15(11-20)25-9-3-2-4-16(25)23-19/h2-9,14,18,22H,10,12H2,1H3/t14-,18-/m0/s1. The van der Waals surface area contributed by atoms with Crippen molar-refractivity contribution in [1.82, 2.24) is 19.3 Å². The van der Waals surface area contributed by atoms with E-state index in [1.165, 1.54) is 0 Å². The van der Waals surface area contributed by atoms with E-state index in [9.17, 15) is 10.1 Å². The van der Waals surface area contributed by atoms with Crippen molar-refractivity contribution in [3.63, 3.8) is 0 Å². The monoisotopic (exact) mass is 346 g/mol. The molecule has 4 rings (SSSR count). The Morgan fingerprint density at radius 1 is 1.31 bits per heavy atom. The SMILES string of the molecule is CN1C(=O)C[C@@H](CNc2nc3ccccn3c2C#N)[C@@H]1c1ccncc1. The second-order valence-electron chi connectivity index (χ2n) is 6.42. The van der Waals surface area contributed by atoms with Gasteiger partial charge in [-0.3, -0.25) is 14.2 Å². The van der Waals surface area contributed by atoms with Crippen LogP contribution in [0.15, 0.2) is 48.9 Å². The van der Waals surface area contributed by atoms with Crippen molar-refractivity contribution in [3.05, 3.63) is 60.2 Å². The van der Waals surface area contributed by atoms with Crippen LogP contribution in [0.3, 0.4) is 0 Å². The van der Waals surface area contributed by atoms with Crippen LogP contribution in [0.25, 0.3) is 5.65 Å². The predicted molar refractivity (Wildman–Crippen MR) is 96.3 cm³/mol. The minimum atomic E-state index is -0.0134. The molecular formula is C19H18N6O. The van der Waals surface area contributed by atoms with Crippen LogP contribution in [0.4, 0.5) is 5.82 Å². The Morgan fingerprint density at radius 2 is 2.12 bits per heavy atom. The number of fused-ring (bicyclic) bond motifs is 1. The number of amides is 1. The van der Waals surface area contributed by atoms with Gasteiger partial charge in [0.05, 0.1) is 6.04 Å². The average molecular weight is 346 g/mol. The summed E-state index contributed by atoms with van der Waals surface area (Å²) in [7, 11) is 1.83. The van der Waals surface area contributed by atoms with E-state index in [-0.39, 0.29) is 17.9 Å². The lowest BCUT2D eigenvalue weighted by atomic mass is 9.94. The van der Waals surface area contributed by atoms with E-state index in [0.29, 0.717) is 24.5 Å². The first-order valence-electron chi connectivity index (χ1n) is 8.45. The van der Waals surface area contributed by atoms with Crippen molar-refractivity contribution in [2.24, 2.45) is 5.92 Å². The van der Waals surface area contributed by atoms with Gasteiger partial charge in [-0.1, -0.05) is 6.07 Å². The molecule has 1 amide bonds. The summed E-state index contributed by atoms with van der Waals surface area (Å²) in [6.07, 6.45) is 5.77. The molecule has 0 spiro atoms. The minimum Gasteiger partial charge on any atom is -0.367 e. The molecule has 4 heterocycles. The topological polar surface area (TPSA) is 86.3 Å². The van der Waals surface area contributed by atoms with Crippen LogP contribution >= 0.6 is 0 Å². The number of nitrogens with zero attached hydrogens (tertiary/aromatic N) is 5. The summed E-state index contributed by atoms with van der Waals surface area (Å²) < 4.78 is 1.76. The van der Waals surface area contributed by atoms with Gasteiger partial charge in [-0.2, -0.15) is 5.26 Å². The molecule has 7 heteroatoms. The summed E-state index contributed by atoms with van der Waals surface area (Å²) in [5, 5.41) is 12.8. The molecule has 7 nitrogen and oxygen atoms in total. The van der Waals surface area contributed by atoms with E-state index in [1.807, 2.05) is 43.6 Å². The number of pyridine rings is 2. The lowest BCUT2D eigenvalue weighted by molar-refractivity contribution is -0.127. The van der Waals surface area contributed by atoms with Crippen LogP contribution in [-0.4, -0.2) is 38.8 Å². The molecule has 1 N–H and O–H groups in total. The highest BCUT2D eigenvalue weighted by Gasteiger charge is 2.38. The molecule has 2 atom stereocenters. The van der Waals surface area contributed by atoms with Crippen LogP contribution in [-0.2, 0) is 4.79 Å². The Balaban J connectivity index is 1.59. The van der Waals surface area contributed by atoms with Gasteiger partial charge in [0, 0.05) is 44.5 Å². The van der Waals surface area contributed by atoms with Crippen molar-refractivity contribution in [1.29, 1.82) is 5.26 Å². The van der Waals surface area contributed by atoms with Crippen LogP contribution in [0.5, 0.6) is 0 Å². The fourth-order valence-electron chi connectivity index (χ4n) is 3.65. The molecule has 26 heavy (non-hydrogen) atoms. The largest absolute Gasteiger partial charge is 0.367 e. The highest BCUT2D eigenvalue weighted by Crippen LogP contribution is 2.36. The molecule has 0 unspecified atom stereocenters. The molecule has 1 aliphatic rings. The predicted octanol–water partition coefficient (Wildman–Crippen LogP) is 2.23. The Bertz CT molecular complexity index is 990. The molecule has 0 aromatic carbocycles. The average Bonchev–Trinajstić information content (AvgIpc) is 3.17. The number of likely N-dealkylation sites (tertiary alicyclic amines) is 1. The zero-order valence-corrected chi connectivity index (χ0v) is 14.3. The zero-order chi connectivity index (χ0) is 18.1. The molecule has 130 valence electrons. The number of carbonyl (C=O) groups is 1. The molecule has 1 saturated heterocycles. The number of imidazole rings is 1. The summed E-state index contributed by atoms with van der Waals surface area (Å²) in [4.78, 5) is 22.6. The second kappa shape index (κ2) is 6.48. The van der Waals surface area contributed by atoms with Gasteiger partial charge in [0.1, 0.15) is 11.7 Å². The van der Waals surface area contributed by atoms with Gasteiger partial charge in [0.25, 0.3) is 0 Å². The minimum absolute atomic E-state index is 0.0134.